The molecular weight excluding hydrogens is 462 g/mol. The van der Waals surface area contributed by atoms with E-state index in [4.69, 9.17) is 9.72 Å². The van der Waals surface area contributed by atoms with Gasteiger partial charge in [0.15, 0.2) is 11.4 Å². The number of ether oxygens (including phenoxy) is 1. The summed E-state index contributed by atoms with van der Waals surface area (Å²) in [4.78, 5) is 48.0. The van der Waals surface area contributed by atoms with Gasteiger partial charge in [-0.2, -0.15) is 10.2 Å². The zero-order valence-corrected chi connectivity index (χ0v) is 19.0. The lowest BCUT2D eigenvalue weighted by molar-refractivity contribution is -0.138. The topological polar surface area (TPSA) is 158 Å². The van der Waals surface area contributed by atoms with Crippen molar-refractivity contribution in [2.24, 2.45) is 0 Å². The number of aromatic nitrogens is 9. The lowest BCUT2D eigenvalue weighted by Crippen LogP contribution is -2.66. The summed E-state index contributed by atoms with van der Waals surface area (Å²) >= 11 is 0. The van der Waals surface area contributed by atoms with Gasteiger partial charge in [-0.15, -0.1) is 0 Å². The minimum absolute atomic E-state index is 0.237. The van der Waals surface area contributed by atoms with E-state index in [2.05, 4.69) is 45.4 Å². The molecule has 1 N–H and O–H groups in total. The molecule has 0 spiro atoms. The van der Waals surface area contributed by atoms with E-state index in [1.807, 2.05) is 4.90 Å². The summed E-state index contributed by atoms with van der Waals surface area (Å²) in [6.45, 7) is 1.70. The predicted molar refractivity (Wildman–Crippen MR) is 122 cm³/mol. The van der Waals surface area contributed by atoms with Crippen LogP contribution in [0.25, 0.3) is 0 Å². The SMILES string of the molecule is O=C1NC(c2cccnn2)C(c2cnccn2)(c2ncccn2)C1(c1ncncn1)N1CCOCC1. The number of nitrogens with one attached hydrogen (secondary N) is 1. The molecule has 2 fully saturated rings. The van der Waals surface area contributed by atoms with Crippen LogP contribution < -0.4 is 5.32 Å². The minimum Gasteiger partial charge on any atom is -0.379 e. The summed E-state index contributed by atoms with van der Waals surface area (Å²) in [5.74, 6) is 0.233. The monoisotopic (exact) mass is 483 g/mol. The third-order valence-corrected chi connectivity index (χ3v) is 6.68. The summed E-state index contributed by atoms with van der Waals surface area (Å²) in [5, 5.41) is 11.6. The van der Waals surface area contributed by atoms with Crippen LogP contribution in [0.3, 0.4) is 0 Å². The molecule has 13 nitrogen and oxygen atoms in total. The highest BCUT2D eigenvalue weighted by Gasteiger charge is 2.75. The molecule has 4 aromatic rings. The Bertz CT molecular complexity index is 1290. The van der Waals surface area contributed by atoms with Crippen molar-refractivity contribution in [3.63, 3.8) is 0 Å². The number of carbonyl (C=O) groups is 1. The summed E-state index contributed by atoms with van der Waals surface area (Å²) in [7, 11) is 0. The second kappa shape index (κ2) is 9.02. The predicted octanol–water partition coefficient (Wildman–Crippen LogP) is -0.374. The second-order valence-corrected chi connectivity index (χ2v) is 8.30. The Balaban J connectivity index is 1.78. The van der Waals surface area contributed by atoms with E-state index in [0.29, 0.717) is 43.5 Å². The van der Waals surface area contributed by atoms with Gasteiger partial charge >= 0.3 is 0 Å². The molecule has 3 atom stereocenters. The third kappa shape index (κ3) is 3.09. The summed E-state index contributed by atoms with van der Waals surface area (Å²) < 4.78 is 5.66. The quantitative estimate of drug-likeness (QED) is 0.393. The first-order valence-electron chi connectivity index (χ1n) is 11.4. The Labute approximate surface area is 205 Å². The van der Waals surface area contributed by atoms with Crippen LogP contribution in [0, 0.1) is 0 Å². The van der Waals surface area contributed by atoms with Gasteiger partial charge < -0.3 is 10.1 Å². The summed E-state index contributed by atoms with van der Waals surface area (Å²) in [5.41, 5.74) is -1.97. The van der Waals surface area contributed by atoms with Gasteiger partial charge in [0.2, 0.25) is 0 Å². The minimum atomic E-state index is -1.54. The first-order chi connectivity index (χ1) is 17.8. The molecular formula is C23H21N11O2. The number of carbonyl (C=O) groups excluding carboxylic acids is 1. The molecule has 0 saturated carbocycles. The van der Waals surface area contributed by atoms with Crippen molar-refractivity contribution in [3.05, 3.63) is 91.1 Å². The first kappa shape index (κ1) is 22.1. The van der Waals surface area contributed by atoms with Gasteiger partial charge in [-0.05, 0) is 18.2 Å². The number of morpholine rings is 1. The molecule has 2 aliphatic rings. The number of amides is 1. The normalized spacial score (nSPS) is 26.4. The third-order valence-electron chi connectivity index (χ3n) is 6.68. The highest BCUT2D eigenvalue weighted by atomic mass is 16.5. The Kier molecular flexibility index (Phi) is 5.54. The Morgan fingerprint density at radius 3 is 2.39 bits per heavy atom. The zero-order chi connectivity index (χ0) is 24.4. The van der Waals surface area contributed by atoms with Gasteiger partial charge in [-0.1, -0.05) is 0 Å². The largest absolute Gasteiger partial charge is 0.379 e. The van der Waals surface area contributed by atoms with Gasteiger partial charge in [-0.3, -0.25) is 19.7 Å². The molecule has 0 aliphatic carbocycles. The maximum absolute atomic E-state index is 14.5. The molecule has 2 saturated heterocycles. The maximum Gasteiger partial charge on any atom is 0.250 e. The lowest BCUT2D eigenvalue weighted by Gasteiger charge is -2.49. The smallest absolute Gasteiger partial charge is 0.250 e. The van der Waals surface area contributed by atoms with E-state index in [1.165, 1.54) is 12.7 Å². The average Bonchev–Trinajstić information content (AvgIpc) is 3.25. The molecule has 2 aliphatic heterocycles. The fraction of sp³-hybridized carbons (Fsp3) is 0.304. The Morgan fingerprint density at radius 2 is 1.69 bits per heavy atom. The van der Waals surface area contributed by atoms with E-state index in [1.54, 1.807) is 55.4 Å². The van der Waals surface area contributed by atoms with Crippen LogP contribution in [0.1, 0.15) is 29.1 Å². The van der Waals surface area contributed by atoms with Crippen molar-refractivity contribution in [1.82, 2.24) is 55.3 Å². The lowest BCUT2D eigenvalue weighted by atomic mass is 9.62. The Hall–Kier alpha value is -4.36. The van der Waals surface area contributed by atoms with Crippen molar-refractivity contribution in [2.45, 2.75) is 17.0 Å². The average molecular weight is 483 g/mol. The first-order valence-corrected chi connectivity index (χ1v) is 11.4. The highest BCUT2D eigenvalue weighted by molar-refractivity contribution is 5.94. The molecule has 0 radical (unpaired) electrons. The molecule has 13 heteroatoms. The van der Waals surface area contributed by atoms with Crippen molar-refractivity contribution in [3.8, 4) is 0 Å². The zero-order valence-electron chi connectivity index (χ0n) is 19.0. The van der Waals surface area contributed by atoms with Crippen LogP contribution in [0.2, 0.25) is 0 Å². The molecule has 6 rings (SSSR count). The summed E-state index contributed by atoms with van der Waals surface area (Å²) in [6.07, 6.45) is 12.4. The molecule has 4 aromatic heterocycles. The molecule has 36 heavy (non-hydrogen) atoms. The fourth-order valence-electron chi connectivity index (χ4n) is 5.38. The number of nitrogens with zero attached hydrogens (tertiary/aromatic N) is 10. The van der Waals surface area contributed by atoms with Crippen LogP contribution in [-0.2, 0) is 20.5 Å². The van der Waals surface area contributed by atoms with Gasteiger partial charge in [0.05, 0.1) is 30.6 Å². The number of rotatable bonds is 5. The molecule has 6 heterocycles. The van der Waals surface area contributed by atoms with E-state index in [-0.39, 0.29) is 11.7 Å². The van der Waals surface area contributed by atoms with Gasteiger partial charge in [0.25, 0.3) is 5.91 Å². The van der Waals surface area contributed by atoms with Crippen LogP contribution >= 0.6 is 0 Å². The van der Waals surface area contributed by atoms with Gasteiger partial charge in [0, 0.05) is 50.3 Å². The van der Waals surface area contributed by atoms with Gasteiger partial charge in [-0.25, -0.2) is 24.9 Å². The van der Waals surface area contributed by atoms with E-state index >= 15 is 0 Å². The summed E-state index contributed by atoms with van der Waals surface area (Å²) in [6, 6.07) is 4.50. The van der Waals surface area contributed by atoms with E-state index in [0.717, 1.165) is 0 Å². The van der Waals surface area contributed by atoms with Crippen molar-refractivity contribution < 1.29 is 9.53 Å². The van der Waals surface area contributed by atoms with Crippen molar-refractivity contribution in [1.29, 1.82) is 0 Å². The second-order valence-electron chi connectivity index (χ2n) is 8.30. The fourth-order valence-corrected chi connectivity index (χ4v) is 5.38. The van der Waals surface area contributed by atoms with E-state index in [9.17, 15) is 4.79 Å². The number of hydrogen-bond donors (Lipinski definition) is 1. The number of hydrogen-bond acceptors (Lipinski definition) is 12. The van der Waals surface area contributed by atoms with Crippen LogP contribution in [0.5, 0.6) is 0 Å². The molecule has 1 amide bonds. The van der Waals surface area contributed by atoms with Crippen LogP contribution in [-0.4, -0.2) is 82.2 Å². The van der Waals surface area contributed by atoms with E-state index < -0.39 is 17.0 Å². The molecule has 3 unspecified atom stereocenters. The maximum atomic E-state index is 14.5. The standard InChI is InChI=1S/C23H21N11O2/c35-21-23(20-29-14-25-15-30-20,34-9-11-36-12-10-34)22(17-13-24-7-8-26-17,19-27-4-2-5-28-19)18(32-21)16-3-1-6-31-33-16/h1-8,13-15,18H,9-12H2,(H,32,35). The highest BCUT2D eigenvalue weighted by Crippen LogP contribution is 2.58. The molecule has 0 bridgehead atoms. The molecule has 180 valence electrons. The van der Waals surface area contributed by atoms with Crippen LogP contribution in [0.15, 0.2) is 68.0 Å². The Morgan fingerprint density at radius 1 is 0.889 bits per heavy atom. The van der Waals surface area contributed by atoms with Crippen molar-refractivity contribution in [2.75, 3.05) is 26.3 Å². The van der Waals surface area contributed by atoms with Crippen molar-refractivity contribution >= 4 is 5.91 Å². The molecule has 0 aromatic carbocycles. The van der Waals surface area contributed by atoms with Gasteiger partial charge in [0.1, 0.15) is 23.9 Å². The van der Waals surface area contributed by atoms with Crippen LogP contribution in [0.4, 0.5) is 0 Å².